The Morgan fingerprint density at radius 1 is 1.57 bits per heavy atom. The summed E-state index contributed by atoms with van der Waals surface area (Å²) in [5.74, 6) is 0. The molecule has 0 saturated heterocycles. The van der Waals surface area contributed by atoms with Crippen LogP contribution in [0.4, 0.5) is 0 Å². The van der Waals surface area contributed by atoms with E-state index >= 15 is 0 Å². The fourth-order valence-electron chi connectivity index (χ4n) is 1.11. The predicted molar refractivity (Wildman–Crippen MR) is 59.3 cm³/mol. The summed E-state index contributed by atoms with van der Waals surface area (Å²) in [5.41, 5.74) is 0.790. The lowest BCUT2D eigenvalue weighted by Crippen LogP contribution is -1.93. The normalized spacial score (nSPS) is 15.1. The Balaban J connectivity index is 2.73. The lowest BCUT2D eigenvalue weighted by molar-refractivity contribution is 0.272. The molecule has 5 heteroatoms. The molecule has 0 aromatic heterocycles. The highest BCUT2D eigenvalue weighted by molar-refractivity contribution is 9.10. The number of hydrogen-bond acceptors (Lipinski definition) is 2. The molecule has 0 saturated carbocycles. The van der Waals surface area contributed by atoms with Crippen LogP contribution in [0.15, 0.2) is 28.7 Å². The molecule has 0 fully saturated rings. The average Bonchev–Trinajstić information content (AvgIpc) is 2.02. The first-order chi connectivity index (χ1) is 6.53. The van der Waals surface area contributed by atoms with Crippen molar-refractivity contribution in [1.29, 1.82) is 0 Å². The Morgan fingerprint density at radius 2 is 2.29 bits per heavy atom. The number of benzene rings is 1. The van der Waals surface area contributed by atoms with Gasteiger partial charge >= 0.3 is 7.60 Å². The van der Waals surface area contributed by atoms with E-state index in [-0.39, 0.29) is 12.8 Å². The van der Waals surface area contributed by atoms with E-state index < -0.39 is 7.60 Å². The van der Waals surface area contributed by atoms with E-state index in [4.69, 9.17) is 4.52 Å². The van der Waals surface area contributed by atoms with Crippen molar-refractivity contribution >= 4 is 23.5 Å². The molecule has 1 unspecified atom stereocenters. The highest BCUT2D eigenvalue weighted by Gasteiger charge is 2.18. The molecule has 0 bridgehead atoms. The van der Waals surface area contributed by atoms with Crippen LogP contribution in [-0.4, -0.2) is 11.5 Å². The molecular weight excluding hydrogens is 267 g/mol. The lowest BCUT2D eigenvalue weighted by atomic mass is 10.2. The highest BCUT2D eigenvalue weighted by atomic mass is 79.9. The van der Waals surface area contributed by atoms with Crippen LogP contribution in [0.2, 0.25) is 0 Å². The van der Waals surface area contributed by atoms with E-state index in [0.717, 1.165) is 10.0 Å². The molecule has 0 heterocycles. The summed E-state index contributed by atoms with van der Waals surface area (Å²) < 4.78 is 17.1. The maximum Gasteiger partial charge on any atom is 0.332 e. The third-order valence-corrected chi connectivity index (χ3v) is 3.52. The monoisotopic (exact) mass is 278 g/mol. The van der Waals surface area contributed by atoms with Gasteiger partial charge in [-0.2, -0.15) is 0 Å². The van der Waals surface area contributed by atoms with Gasteiger partial charge < -0.3 is 9.42 Å². The van der Waals surface area contributed by atoms with Crippen LogP contribution in [0.5, 0.6) is 0 Å². The second kappa shape index (κ2) is 5.08. The molecule has 0 spiro atoms. The van der Waals surface area contributed by atoms with Crippen LogP contribution in [0.1, 0.15) is 12.5 Å². The summed E-state index contributed by atoms with van der Waals surface area (Å²) in [4.78, 5) is 9.38. The van der Waals surface area contributed by atoms with Crippen molar-refractivity contribution in [2.24, 2.45) is 0 Å². The van der Waals surface area contributed by atoms with Gasteiger partial charge in [0.15, 0.2) is 0 Å². The van der Waals surface area contributed by atoms with Crippen molar-refractivity contribution in [2.45, 2.75) is 13.1 Å². The molecule has 0 radical (unpaired) electrons. The second-order valence-corrected chi connectivity index (χ2v) is 5.61. The summed E-state index contributed by atoms with van der Waals surface area (Å²) in [6, 6.07) is 7.30. The van der Waals surface area contributed by atoms with Crippen molar-refractivity contribution in [1.82, 2.24) is 0 Å². The standard InChI is InChI=1S/C9H12BrO3P/c1-2-13-14(11,12)7-8-4-3-5-9(10)6-8/h3-6H,2,7H2,1H3,(H,11,12). The fraction of sp³-hybridized carbons (Fsp3) is 0.333. The summed E-state index contributed by atoms with van der Waals surface area (Å²) in [5, 5.41) is 0. The van der Waals surface area contributed by atoms with E-state index in [0.29, 0.717) is 0 Å². The van der Waals surface area contributed by atoms with Gasteiger partial charge in [-0.15, -0.1) is 0 Å². The molecule has 1 atom stereocenters. The molecular formula is C9H12BrO3P. The van der Waals surface area contributed by atoms with Crippen LogP contribution in [0, 0.1) is 0 Å². The summed E-state index contributed by atoms with van der Waals surface area (Å²) in [6.07, 6.45) is 0.0558. The maximum atomic E-state index is 11.4. The van der Waals surface area contributed by atoms with Crippen molar-refractivity contribution < 1.29 is 14.0 Å². The summed E-state index contributed by atoms with van der Waals surface area (Å²) in [6.45, 7) is 1.95. The van der Waals surface area contributed by atoms with Crippen LogP contribution in [0.3, 0.4) is 0 Å². The van der Waals surface area contributed by atoms with Gasteiger partial charge in [-0.25, -0.2) is 0 Å². The number of halogens is 1. The van der Waals surface area contributed by atoms with E-state index in [2.05, 4.69) is 15.9 Å². The quantitative estimate of drug-likeness (QED) is 0.861. The topological polar surface area (TPSA) is 46.5 Å². The minimum atomic E-state index is -3.46. The highest BCUT2D eigenvalue weighted by Crippen LogP contribution is 2.45. The smallest absolute Gasteiger partial charge is 0.324 e. The maximum absolute atomic E-state index is 11.4. The number of hydrogen-bond donors (Lipinski definition) is 1. The van der Waals surface area contributed by atoms with Crippen molar-refractivity contribution in [3.05, 3.63) is 34.3 Å². The van der Waals surface area contributed by atoms with Gasteiger partial charge in [0, 0.05) is 4.47 Å². The Bertz CT molecular complexity index is 354. The Hall–Kier alpha value is -0.150. The van der Waals surface area contributed by atoms with E-state index in [1.54, 1.807) is 13.0 Å². The molecule has 78 valence electrons. The van der Waals surface area contributed by atoms with Gasteiger partial charge in [-0.3, -0.25) is 4.57 Å². The SMILES string of the molecule is CCOP(=O)(O)Cc1cccc(Br)c1. The molecule has 1 N–H and O–H groups in total. The predicted octanol–water partition coefficient (Wildman–Crippen LogP) is 3.17. The Labute approximate surface area is 91.8 Å². The molecule has 3 nitrogen and oxygen atoms in total. The van der Waals surface area contributed by atoms with Crippen molar-refractivity contribution in [3.8, 4) is 0 Å². The molecule has 14 heavy (non-hydrogen) atoms. The van der Waals surface area contributed by atoms with Gasteiger partial charge in [0.25, 0.3) is 0 Å². The first-order valence-electron chi connectivity index (χ1n) is 4.24. The average molecular weight is 279 g/mol. The van der Waals surface area contributed by atoms with E-state index in [1.807, 2.05) is 18.2 Å². The minimum absolute atomic E-state index is 0.0558. The zero-order chi connectivity index (χ0) is 10.6. The first kappa shape index (κ1) is 11.9. The van der Waals surface area contributed by atoms with Gasteiger partial charge in [0.2, 0.25) is 0 Å². The molecule has 1 rings (SSSR count). The molecule has 1 aromatic carbocycles. The first-order valence-corrected chi connectivity index (χ1v) is 6.80. The van der Waals surface area contributed by atoms with Crippen LogP contribution < -0.4 is 0 Å². The minimum Gasteiger partial charge on any atom is -0.324 e. The largest absolute Gasteiger partial charge is 0.332 e. The summed E-state index contributed by atoms with van der Waals surface area (Å²) >= 11 is 3.30. The Morgan fingerprint density at radius 3 is 2.86 bits per heavy atom. The molecule has 1 aromatic rings. The molecule has 0 amide bonds. The van der Waals surface area contributed by atoms with Crippen molar-refractivity contribution in [2.75, 3.05) is 6.61 Å². The van der Waals surface area contributed by atoms with Gasteiger partial charge in [0.05, 0.1) is 12.8 Å². The third kappa shape index (κ3) is 3.93. The van der Waals surface area contributed by atoms with E-state index in [1.165, 1.54) is 0 Å². The third-order valence-electron chi connectivity index (χ3n) is 1.60. The van der Waals surface area contributed by atoms with Crippen molar-refractivity contribution in [3.63, 3.8) is 0 Å². The second-order valence-electron chi connectivity index (χ2n) is 2.84. The lowest BCUT2D eigenvalue weighted by Gasteiger charge is -2.10. The molecule has 0 aliphatic heterocycles. The van der Waals surface area contributed by atoms with Crippen LogP contribution >= 0.6 is 23.5 Å². The zero-order valence-electron chi connectivity index (χ0n) is 7.81. The van der Waals surface area contributed by atoms with E-state index in [9.17, 15) is 9.46 Å². The van der Waals surface area contributed by atoms with Gasteiger partial charge in [-0.05, 0) is 24.6 Å². The molecule has 0 aliphatic rings. The van der Waals surface area contributed by atoms with Crippen LogP contribution in [-0.2, 0) is 15.3 Å². The van der Waals surface area contributed by atoms with Gasteiger partial charge in [0.1, 0.15) is 0 Å². The Kier molecular flexibility index (Phi) is 4.32. The molecule has 0 aliphatic carbocycles. The number of rotatable bonds is 4. The fourth-order valence-corrected chi connectivity index (χ4v) is 2.71. The zero-order valence-corrected chi connectivity index (χ0v) is 10.3. The van der Waals surface area contributed by atoms with Crippen LogP contribution in [0.25, 0.3) is 0 Å². The summed E-state index contributed by atoms with van der Waals surface area (Å²) in [7, 11) is -3.46. The van der Waals surface area contributed by atoms with Gasteiger partial charge in [-0.1, -0.05) is 28.1 Å².